The highest BCUT2D eigenvalue weighted by molar-refractivity contribution is 5.98. The number of nitrogens with one attached hydrogen (secondary N) is 2. The van der Waals surface area contributed by atoms with Crippen molar-refractivity contribution in [3.05, 3.63) is 35.4 Å². The molecular formula is C32H41N3O6. The molecule has 3 fully saturated rings. The number of aliphatic carboxylic acids is 1. The van der Waals surface area contributed by atoms with E-state index >= 15 is 0 Å². The SMILES string of the molecule is COc1cc(C#N)c(OC2CCC(C)(C(=O)O)CC2)cc1C(=O)N[C@@H]1[C@H](C(=O)NCC2(C)CCC2)[C@@H]2C=C[C@H]1CC2. The molecule has 9 heteroatoms. The third kappa shape index (κ3) is 5.79. The lowest BCUT2D eigenvalue weighted by atomic mass is 9.65. The van der Waals surface area contributed by atoms with Crippen LogP contribution in [0.3, 0.4) is 0 Å². The average Bonchev–Trinajstić information content (AvgIpc) is 2.96. The molecule has 1 aromatic rings. The number of amides is 2. The summed E-state index contributed by atoms with van der Waals surface area (Å²) in [6, 6.07) is 4.83. The van der Waals surface area contributed by atoms with Crippen molar-refractivity contribution >= 4 is 17.8 Å². The summed E-state index contributed by atoms with van der Waals surface area (Å²) < 4.78 is 11.7. The van der Waals surface area contributed by atoms with E-state index in [0.717, 1.165) is 25.7 Å². The first-order valence-electron chi connectivity index (χ1n) is 14.8. The summed E-state index contributed by atoms with van der Waals surface area (Å²) in [5, 5.41) is 25.7. The van der Waals surface area contributed by atoms with Crippen LogP contribution in [0.5, 0.6) is 11.5 Å². The normalized spacial score (nSPS) is 31.3. The third-order valence-corrected chi connectivity index (χ3v) is 10.1. The molecule has 5 aliphatic carbocycles. The van der Waals surface area contributed by atoms with Gasteiger partial charge in [0.2, 0.25) is 5.91 Å². The number of benzene rings is 1. The average molecular weight is 564 g/mol. The van der Waals surface area contributed by atoms with Gasteiger partial charge in [0, 0.05) is 18.7 Å². The second kappa shape index (κ2) is 11.4. The zero-order valence-corrected chi connectivity index (χ0v) is 24.2. The zero-order valence-electron chi connectivity index (χ0n) is 24.2. The molecule has 41 heavy (non-hydrogen) atoms. The van der Waals surface area contributed by atoms with E-state index in [-0.39, 0.29) is 69.8 Å². The van der Waals surface area contributed by atoms with Crippen LogP contribution in [-0.4, -0.2) is 48.7 Å². The molecule has 220 valence electrons. The first-order chi connectivity index (χ1) is 19.6. The summed E-state index contributed by atoms with van der Waals surface area (Å²) in [5.41, 5.74) is -0.144. The Morgan fingerprint density at radius 2 is 1.71 bits per heavy atom. The van der Waals surface area contributed by atoms with Crippen LogP contribution in [0.1, 0.15) is 87.6 Å². The number of nitriles is 1. The number of methoxy groups -OCH3 is 1. The number of fused-ring (bicyclic) bond motifs is 2. The Morgan fingerprint density at radius 3 is 2.27 bits per heavy atom. The summed E-state index contributed by atoms with van der Waals surface area (Å²) in [6.45, 7) is 4.61. The lowest BCUT2D eigenvalue weighted by Crippen LogP contribution is -2.57. The van der Waals surface area contributed by atoms with Gasteiger partial charge >= 0.3 is 5.97 Å². The Morgan fingerprint density at radius 1 is 1.02 bits per heavy atom. The number of hydrogen-bond donors (Lipinski definition) is 3. The second-order valence-electron chi connectivity index (χ2n) is 13.0. The zero-order chi connectivity index (χ0) is 29.4. The fraction of sp³-hybridized carbons (Fsp3) is 0.625. The largest absolute Gasteiger partial charge is 0.496 e. The van der Waals surface area contributed by atoms with Crippen LogP contribution in [0, 0.1) is 39.9 Å². The van der Waals surface area contributed by atoms with Gasteiger partial charge in [0.1, 0.15) is 17.6 Å². The fourth-order valence-corrected chi connectivity index (χ4v) is 6.98. The van der Waals surface area contributed by atoms with Crippen LogP contribution in [0.4, 0.5) is 0 Å². The first kappa shape index (κ1) is 29.0. The van der Waals surface area contributed by atoms with E-state index < -0.39 is 11.4 Å². The number of ether oxygens (including phenoxy) is 2. The molecule has 1 aromatic carbocycles. The van der Waals surface area contributed by atoms with E-state index in [9.17, 15) is 24.8 Å². The quantitative estimate of drug-likeness (QED) is 0.374. The van der Waals surface area contributed by atoms with Crippen molar-refractivity contribution in [2.24, 2.45) is 28.6 Å². The molecule has 0 unspecified atom stereocenters. The number of carbonyl (C=O) groups is 3. The molecule has 2 bridgehead atoms. The smallest absolute Gasteiger partial charge is 0.309 e. The number of allylic oxidation sites excluding steroid dienone is 1. The number of rotatable bonds is 9. The number of carboxylic acids is 1. The van der Waals surface area contributed by atoms with Gasteiger partial charge in [0.15, 0.2) is 0 Å². The Bertz CT molecular complexity index is 1270. The first-order valence-corrected chi connectivity index (χ1v) is 14.8. The molecule has 0 aliphatic heterocycles. The van der Waals surface area contributed by atoms with Crippen LogP contribution >= 0.6 is 0 Å². The highest BCUT2D eigenvalue weighted by Gasteiger charge is 2.46. The van der Waals surface area contributed by atoms with E-state index in [4.69, 9.17) is 9.47 Å². The molecule has 0 spiro atoms. The second-order valence-corrected chi connectivity index (χ2v) is 13.0. The van der Waals surface area contributed by atoms with Gasteiger partial charge in [0.05, 0.1) is 35.7 Å². The molecule has 0 saturated heterocycles. The molecule has 0 heterocycles. The van der Waals surface area contributed by atoms with Gasteiger partial charge in [0.25, 0.3) is 5.91 Å². The standard InChI is InChI=1S/C32H41N3O6/c1-31(11-4-12-31)18-34-29(37)26-19-5-7-20(8-6-19)27(26)35-28(36)23-16-24(21(17-33)15-25(23)40-3)41-22-9-13-32(2,14-10-22)30(38)39/h5,7,15-16,19-20,22,26-27H,4,6,8-14,18H2,1-3H3,(H,34,37)(H,35,36)(H,38,39)/t19-,20+,22?,26-,27+,32?/m1/s1. The van der Waals surface area contributed by atoms with Gasteiger partial charge in [-0.05, 0) is 81.6 Å². The number of nitrogens with zero attached hydrogens (tertiary/aromatic N) is 1. The monoisotopic (exact) mass is 563 g/mol. The molecule has 3 saturated carbocycles. The molecule has 5 aliphatic rings. The minimum Gasteiger partial charge on any atom is -0.496 e. The van der Waals surface area contributed by atoms with Gasteiger partial charge in [-0.25, -0.2) is 0 Å². The van der Waals surface area contributed by atoms with Crippen molar-refractivity contribution in [3.8, 4) is 17.6 Å². The number of carboxylic acid groups (broad SMARTS) is 1. The molecule has 3 N–H and O–H groups in total. The topological polar surface area (TPSA) is 138 Å². The number of hydrogen-bond acceptors (Lipinski definition) is 6. The highest BCUT2D eigenvalue weighted by atomic mass is 16.5. The molecule has 4 atom stereocenters. The molecule has 2 amide bonds. The van der Waals surface area contributed by atoms with Crippen molar-refractivity contribution in [1.82, 2.24) is 10.6 Å². The predicted octanol–water partition coefficient (Wildman–Crippen LogP) is 4.60. The summed E-state index contributed by atoms with van der Waals surface area (Å²) in [4.78, 5) is 38.9. The van der Waals surface area contributed by atoms with Gasteiger partial charge in [-0.3, -0.25) is 14.4 Å². The summed E-state index contributed by atoms with van der Waals surface area (Å²) >= 11 is 0. The molecule has 0 radical (unpaired) electrons. The fourth-order valence-electron chi connectivity index (χ4n) is 6.98. The molecule has 6 rings (SSSR count). The Hall–Kier alpha value is -3.54. The minimum absolute atomic E-state index is 0.0102. The number of carbonyl (C=O) groups excluding carboxylic acids is 2. The van der Waals surface area contributed by atoms with E-state index in [1.165, 1.54) is 19.6 Å². The van der Waals surface area contributed by atoms with E-state index in [1.807, 2.05) is 0 Å². The lowest BCUT2D eigenvalue weighted by molar-refractivity contribution is -0.150. The summed E-state index contributed by atoms with van der Waals surface area (Å²) in [7, 11) is 1.45. The van der Waals surface area contributed by atoms with E-state index in [2.05, 4.69) is 35.8 Å². The molecular weight excluding hydrogens is 522 g/mol. The van der Waals surface area contributed by atoms with Gasteiger partial charge in [-0.2, -0.15) is 5.26 Å². The van der Waals surface area contributed by atoms with E-state index in [1.54, 1.807) is 13.0 Å². The maximum absolute atomic E-state index is 13.8. The van der Waals surface area contributed by atoms with Crippen molar-refractivity contribution in [1.29, 1.82) is 5.26 Å². The lowest BCUT2D eigenvalue weighted by Gasteiger charge is -2.45. The summed E-state index contributed by atoms with van der Waals surface area (Å²) in [6.07, 6.45) is 11.3. The van der Waals surface area contributed by atoms with Crippen molar-refractivity contribution in [3.63, 3.8) is 0 Å². The molecule has 9 nitrogen and oxygen atoms in total. The van der Waals surface area contributed by atoms with Crippen molar-refractivity contribution < 1.29 is 29.0 Å². The van der Waals surface area contributed by atoms with Crippen LogP contribution in [0.2, 0.25) is 0 Å². The summed E-state index contributed by atoms with van der Waals surface area (Å²) in [5.74, 6) is -0.893. The molecule has 0 aromatic heterocycles. The van der Waals surface area contributed by atoms with Crippen LogP contribution in [0.15, 0.2) is 24.3 Å². The minimum atomic E-state index is -0.812. The maximum atomic E-state index is 13.8. The predicted molar refractivity (Wildman–Crippen MR) is 151 cm³/mol. The van der Waals surface area contributed by atoms with Crippen molar-refractivity contribution in [2.75, 3.05) is 13.7 Å². The van der Waals surface area contributed by atoms with Crippen LogP contribution in [0.25, 0.3) is 0 Å². The van der Waals surface area contributed by atoms with Crippen molar-refractivity contribution in [2.45, 2.75) is 83.8 Å². The highest BCUT2D eigenvalue weighted by Crippen LogP contribution is 2.43. The van der Waals surface area contributed by atoms with Crippen LogP contribution < -0.4 is 20.1 Å². The van der Waals surface area contributed by atoms with Crippen LogP contribution in [-0.2, 0) is 9.59 Å². The van der Waals surface area contributed by atoms with Gasteiger partial charge in [-0.1, -0.05) is 25.5 Å². The van der Waals surface area contributed by atoms with Gasteiger partial charge < -0.3 is 25.2 Å². The Balaban J connectivity index is 1.33. The third-order valence-electron chi connectivity index (χ3n) is 10.1. The van der Waals surface area contributed by atoms with E-state index in [0.29, 0.717) is 32.2 Å². The Labute approximate surface area is 241 Å². The Kier molecular flexibility index (Phi) is 8.04. The maximum Gasteiger partial charge on any atom is 0.309 e. The van der Waals surface area contributed by atoms with Gasteiger partial charge in [-0.15, -0.1) is 0 Å².